The molecule has 0 bridgehead atoms. The van der Waals surface area contributed by atoms with E-state index in [0.29, 0.717) is 4.90 Å². The summed E-state index contributed by atoms with van der Waals surface area (Å²) in [6.07, 6.45) is 0. The van der Waals surface area contributed by atoms with Gasteiger partial charge in [0, 0.05) is 13.1 Å². The number of aryl methyl sites for hydroxylation is 1. The summed E-state index contributed by atoms with van der Waals surface area (Å²) in [6.45, 7) is 3.91. The highest BCUT2D eigenvalue weighted by molar-refractivity contribution is 7.91. The van der Waals surface area contributed by atoms with E-state index in [1.54, 1.807) is 6.07 Å². The molecule has 0 radical (unpaired) electrons. The highest BCUT2D eigenvalue weighted by atomic mass is 32.2. The van der Waals surface area contributed by atoms with Crippen LogP contribution in [0.2, 0.25) is 0 Å². The van der Waals surface area contributed by atoms with Gasteiger partial charge in [0.05, 0.1) is 16.3 Å². The molecule has 3 nitrogen and oxygen atoms in total. The minimum absolute atomic E-state index is 0.0456. The van der Waals surface area contributed by atoms with Crippen molar-refractivity contribution in [2.75, 3.05) is 17.7 Å². The highest BCUT2D eigenvalue weighted by Gasteiger charge is 2.31. The molecule has 1 aliphatic heterocycles. The van der Waals surface area contributed by atoms with E-state index in [9.17, 15) is 8.42 Å². The summed E-state index contributed by atoms with van der Waals surface area (Å²) in [7, 11) is -1.14. The first kappa shape index (κ1) is 10.5. The van der Waals surface area contributed by atoms with Gasteiger partial charge in [0.15, 0.2) is 9.84 Å². The van der Waals surface area contributed by atoms with Gasteiger partial charge in [-0.25, -0.2) is 8.42 Å². The lowest BCUT2D eigenvalue weighted by Gasteiger charge is -2.33. The largest absolute Gasteiger partial charge is 0.370 e. The summed E-state index contributed by atoms with van der Waals surface area (Å²) in [5.41, 5.74) is 1.92. The van der Waals surface area contributed by atoms with E-state index in [-0.39, 0.29) is 11.8 Å². The molecule has 1 atom stereocenters. The van der Waals surface area contributed by atoms with Crippen molar-refractivity contribution in [3.63, 3.8) is 0 Å². The van der Waals surface area contributed by atoms with E-state index in [4.69, 9.17) is 0 Å². The number of sulfone groups is 1. The average Bonchev–Trinajstić information content (AvgIpc) is 2.13. The first-order chi connectivity index (χ1) is 6.92. The average molecular weight is 225 g/mol. The van der Waals surface area contributed by atoms with Crippen LogP contribution in [0.1, 0.15) is 12.5 Å². The van der Waals surface area contributed by atoms with Gasteiger partial charge in [0.2, 0.25) is 0 Å². The number of rotatable bonds is 0. The van der Waals surface area contributed by atoms with Crippen molar-refractivity contribution in [2.24, 2.45) is 0 Å². The van der Waals surface area contributed by atoms with E-state index < -0.39 is 9.84 Å². The van der Waals surface area contributed by atoms with Gasteiger partial charge in [-0.1, -0.05) is 6.07 Å². The molecule has 0 fully saturated rings. The summed E-state index contributed by atoms with van der Waals surface area (Å²) in [4.78, 5) is 2.50. The fourth-order valence-corrected chi connectivity index (χ4v) is 3.76. The maximum absolute atomic E-state index is 11.9. The number of fused-ring (bicyclic) bond motifs is 1. The van der Waals surface area contributed by atoms with Crippen LogP contribution < -0.4 is 4.90 Å². The van der Waals surface area contributed by atoms with Gasteiger partial charge in [-0.2, -0.15) is 0 Å². The van der Waals surface area contributed by atoms with E-state index in [2.05, 4.69) is 0 Å². The second kappa shape index (κ2) is 3.23. The van der Waals surface area contributed by atoms with Crippen molar-refractivity contribution in [3.8, 4) is 0 Å². The summed E-state index contributed by atoms with van der Waals surface area (Å²) in [6, 6.07) is 5.54. The molecule has 0 N–H and O–H groups in total. The quantitative estimate of drug-likeness (QED) is 0.673. The third-order valence-electron chi connectivity index (χ3n) is 2.95. The minimum atomic E-state index is -3.08. The van der Waals surface area contributed by atoms with Gasteiger partial charge in [-0.05, 0) is 31.5 Å². The zero-order chi connectivity index (χ0) is 11.2. The van der Waals surface area contributed by atoms with Crippen LogP contribution in [0.5, 0.6) is 0 Å². The predicted molar refractivity (Wildman–Crippen MR) is 61.1 cm³/mol. The molecule has 1 aliphatic rings. The molecular weight excluding hydrogens is 210 g/mol. The Labute approximate surface area is 90.6 Å². The van der Waals surface area contributed by atoms with Gasteiger partial charge in [-0.3, -0.25) is 0 Å². The van der Waals surface area contributed by atoms with Crippen molar-refractivity contribution >= 4 is 15.5 Å². The molecular formula is C11H15NO2S. The standard InChI is InChI=1S/C11H15NO2S/c1-8-4-5-11-10(6-8)12(3)9(2)7-15(11,13)14/h4-6,9H,7H2,1-3H3. The van der Waals surface area contributed by atoms with Crippen LogP contribution in [0, 0.1) is 6.92 Å². The maximum atomic E-state index is 11.9. The SMILES string of the molecule is Cc1ccc2c(c1)N(C)C(C)CS2(=O)=O. The molecule has 1 aromatic rings. The molecule has 82 valence electrons. The number of hydrogen-bond donors (Lipinski definition) is 0. The zero-order valence-electron chi connectivity index (χ0n) is 9.19. The van der Waals surface area contributed by atoms with Crippen LogP contribution in [0.15, 0.2) is 23.1 Å². The van der Waals surface area contributed by atoms with Crippen molar-refractivity contribution < 1.29 is 8.42 Å². The van der Waals surface area contributed by atoms with Crippen molar-refractivity contribution in [1.29, 1.82) is 0 Å². The molecule has 1 aromatic carbocycles. The molecule has 0 saturated heterocycles. The van der Waals surface area contributed by atoms with Crippen LogP contribution in [-0.2, 0) is 9.84 Å². The molecule has 4 heteroatoms. The smallest absolute Gasteiger partial charge is 0.182 e. The summed E-state index contributed by atoms with van der Waals surface area (Å²) in [5.74, 6) is 0.208. The molecule has 15 heavy (non-hydrogen) atoms. The Bertz CT molecular complexity index is 493. The van der Waals surface area contributed by atoms with Gasteiger partial charge < -0.3 is 4.90 Å². The monoisotopic (exact) mass is 225 g/mol. The highest BCUT2D eigenvalue weighted by Crippen LogP contribution is 2.32. The fourth-order valence-electron chi connectivity index (χ4n) is 1.92. The number of anilines is 1. The Morgan fingerprint density at radius 2 is 2.07 bits per heavy atom. The molecule has 0 aliphatic carbocycles. The molecule has 2 rings (SSSR count). The van der Waals surface area contributed by atoms with Gasteiger partial charge in [0.1, 0.15) is 0 Å². The third-order valence-corrected chi connectivity index (χ3v) is 4.89. The molecule has 1 unspecified atom stereocenters. The van der Waals surface area contributed by atoms with E-state index in [1.807, 2.05) is 37.9 Å². The lowest BCUT2D eigenvalue weighted by Crippen LogP contribution is -2.40. The van der Waals surface area contributed by atoms with Crippen LogP contribution >= 0.6 is 0 Å². The molecule has 0 amide bonds. The summed E-state index contributed by atoms with van der Waals surface area (Å²) >= 11 is 0. The van der Waals surface area contributed by atoms with Crippen molar-refractivity contribution in [3.05, 3.63) is 23.8 Å². The topological polar surface area (TPSA) is 37.4 Å². The van der Waals surface area contributed by atoms with Crippen molar-refractivity contribution in [1.82, 2.24) is 0 Å². The predicted octanol–water partition coefficient (Wildman–Crippen LogP) is 1.61. The zero-order valence-corrected chi connectivity index (χ0v) is 10.0. The first-order valence-corrected chi connectivity index (χ1v) is 6.63. The Kier molecular flexibility index (Phi) is 2.26. The lowest BCUT2D eigenvalue weighted by molar-refractivity contribution is 0.579. The fraction of sp³-hybridized carbons (Fsp3) is 0.455. The molecule has 0 saturated carbocycles. The Balaban J connectivity index is 2.70. The van der Waals surface area contributed by atoms with Crippen LogP contribution in [0.25, 0.3) is 0 Å². The number of benzene rings is 1. The first-order valence-electron chi connectivity index (χ1n) is 4.98. The lowest BCUT2D eigenvalue weighted by atomic mass is 10.2. The van der Waals surface area contributed by atoms with Gasteiger partial charge in [0.25, 0.3) is 0 Å². The van der Waals surface area contributed by atoms with E-state index in [1.165, 1.54) is 0 Å². The van der Waals surface area contributed by atoms with Crippen molar-refractivity contribution in [2.45, 2.75) is 24.8 Å². The molecule has 0 spiro atoms. The van der Waals surface area contributed by atoms with E-state index >= 15 is 0 Å². The Morgan fingerprint density at radius 1 is 1.40 bits per heavy atom. The van der Waals surface area contributed by atoms with Crippen LogP contribution in [-0.4, -0.2) is 27.3 Å². The normalized spacial score (nSPS) is 23.7. The van der Waals surface area contributed by atoms with Gasteiger partial charge >= 0.3 is 0 Å². The van der Waals surface area contributed by atoms with Gasteiger partial charge in [-0.15, -0.1) is 0 Å². The molecule has 0 aromatic heterocycles. The van der Waals surface area contributed by atoms with Crippen LogP contribution in [0.4, 0.5) is 5.69 Å². The second-order valence-corrected chi connectivity index (χ2v) is 6.22. The summed E-state index contributed by atoms with van der Waals surface area (Å²) < 4.78 is 23.8. The second-order valence-electron chi connectivity index (χ2n) is 4.21. The Hall–Kier alpha value is -1.03. The minimum Gasteiger partial charge on any atom is -0.370 e. The van der Waals surface area contributed by atoms with E-state index in [0.717, 1.165) is 11.3 Å². The maximum Gasteiger partial charge on any atom is 0.182 e. The third kappa shape index (κ3) is 1.63. The molecule has 1 heterocycles. The Morgan fingerprint density at radius 3 is 2.73 bits per heavy atom. The number of nitrogens with zero attached hydrogens (tertiary/aromatic N) is 1. The number of hydrogen-bond acceptors (Lipinski definition) is 3. The summed E-state index contributed by atoms with van der Waals surface area (Å²) in [5, 5.41) is 0. The van der Waals surface area contributed by atoms with Crippen LogP contribution in [0.3, 0.4) is 0 Å².